The lowest BCUT2D eigenvalue weighted by Gasteiger charge is -2.31. The number of halogens is 3. The first kappa shape index (κ1) is 24.7. The lowest BCUT2D eigenvalue weighted by atomic mass is 9.83. The van der Waals surface area contributed by atoms with Gasteiger partial charge in [-0.1, -0.05) is 88.6 Å². The molecule has 0 spiro atoms. The first-order chi connectivity index (χ1) is 19.0. The molecule has 0 N–H and O–H groups in total. The number of rotatable bonds is 3. The smallest absolute Gasteiger partial charge is 0.271 e. The monoisotopic (exact) mass is 588 g/mol. The number of fused-ring (bicyclic) bond motifs is 3. The van der Waals surface area contributed by atoms with E-state index >= 15 is 0 Å². The zero-order chi connectivity index (χ0) is 26.7. The molecule has 0 saturated carbocycles. The molecule has 5 aromatic rings. The van der Waals surface area contributed by atoms with Gasteiger partial charge in [0.2, 0.25) is 0 Å². The van der Waals surface area contributed by atoms with Crippen LogP contribution in [0.25, 0.3) is 23.1 Å². The van der Waals surface area contributed by atoms with Crippen molar-refractivity contribution >= 4 is 57.9 Å². The molecule has 0 fully saturated rings. The van der Waals surface area contributed by atoms with E-state index in [-0.39, 0.29) is 11.6 Å². The van der Waals surface area contributed by atoms with Gasteiger partial charge in [0.15, 0.2) is 4.80 Å². The summed E-state index contributed by atoms with van der Waals surface area (Å²) in [6, 6.07) is 24.6. The van der Waals surface area contributed by atoms with Gasteiger partial charge in [0, 0.05) is 32.3 Å². The second-order valence-electron chi connectivity index (χ2n) is 9.49. The van der Waals surface area contributed by atoms with Crippen LogP contribution in [0.2, 0.25) is 15.1 Å². The summed E-state index contributed by atoms with van der Waals surface area (Å²) in [5, 5.41) is 1.70. The van der Waals surface area contributed by atoms with Gasteiger partial charge >= 0.3 is 0 Å². The SMILES string of the molecule is O=c1/c(=C\c2ccc(-c3cccc(Cl)c3)o2)sc2n1[C@@H](c1ccc(Cl)cc1Cl)C1=C(N=2)c2ccccc2CC1. The van der Waals surface area contributed by atoms with Crippen molar-refractivity contribution in [3.63, 3.8) is 0 Å². The summed E-state index contributed by atoms with van der Waals surface area (Å²) in [5.74, 6) is 1.25. The third-order valence-electron chi connectivity index (χ3n) is 7.14. The van der Waals surface area contributed by atoms with Gasteiger partial charge in [-0.05, 0) is 65.9 Å². The molecule has 3 heterocycles. The molecule has 192 valence electrons. The highest BCUT2D eigenvalue weighted by atomic mass is 35.5. The van der Waals surface area contributed by atoms with Crippen LogP contribution < -0.4 is 14.9 Å². The van der Waals surface area contributed by atoms with E-state index in [9.17, 15) is 4.79 Å². The van der Waals surface area contributed by atoms with Crippen molar-refractivity contribution in [1.29, 1.82) is 0 Å². The molecular formula is C31H19Cl3N2O2S. The Morgan fingerprint density at radius 3 is 2.62 bits per heavy atom. The summed E-state index contributed by atoms with van der Waals surface area (Å²) in [6.07, 6.45) is 3.43. The van der Waals surface area contributed by atoms with Crippen molar-refractivity contribution in [2.75, 3.05) is 0 Å². The van der Waals surface area contributed by atoms with E-state index in [1.54, 1.807) is 16.7 Å². The molecule has 7 rings (SSSR count). The molecule has 2 aromatic heterocycles. The molecule has 0 unspecified atom stereocenters. The normalized spacial score (nSPS) is 16.5. The standard InChI is InChI=1S/C31H19Cl3N2O2S/c32-19-6-3-5-18(14-19)26-13-10-21(38-26)16-27-30(37)36-29(23-12-9-20(33)15-25(23)34)24-11-8-17-4-1-2-7-22(17)28(24)35-31(36)39-27/h1-7,9-10,12-16,29H,8,11H2/b27-16+/t29-/m0/s1. The van der Waals surface area contributed by atoms with E-state index in [1.165, 1.54) is 16.9 Å². The second-order valence-corrected chi connectivity index (χ2v) is 11.8. The van der Waals surface area contributed by atoms with Gasteiger partial charge in [0.1, 0.15) is 11.5 Å². The van der Waals surface area contributed by atoms with Crippen molar-refractivity contribution in [3.8, 4) is 11.3 Å². The Hall–Kier alpha value is -3.35. The van der Waals surface area contributed by atoms with Crippen LogP contribution in [0.5, 0.6) is 0 Å². The van der Waals surface area contributed by atoms with Crippen LogP contribution in [-0.2, 0) is 6.42 Å². The van der Waals surface area contributed by atoms with Gasteiger partial charge in [-0.2, -0.15) is 0 Å². The first-order valence-corrected chi connectivity index (χ1v) is 14.3. The summed E-state index contributed by atoms with van der Waals surface area (Å²) >= 11 is 20.5. The molecule has 0 radical (unpaired) electrons. The summed E-state index contributed by atoms with van der Waals surface area (Å²) in [6.45, 7) is 0. The summed E-state index contributed by atoms with van der Waals surface area (Å²) in [5.41, 5.74) is 5.91. The minimum Gasteiger partial charge on any atom is -0.457 e. The second kappa shape index (κ2) is 9.68. The van der Waals surface area contributed by atoms with E-state index in [4.69, 9.17) is 44.2 Å². The number of nitrogens with zero attached hydrogens (tertiary/aromatic N) is 2. The minimum absolute atomic E-state index is 0.138. The van der Waals surface area contributed by atoms with Crippen molar-refractivity contribution < 1.29 is 4.42 Å². The fourth-order valence-corrected chi connectivity index (χ4v) is 7.06. The van der Waals surface area contributed by atoms with Crippen LogP contribution in [0.1, 0.15) is 34.9 Å². The van der Waals surface area contributed by atoms with Crippen molar-refractivity contribution in [2.45, 2.75) is 18.9 Å². The third kappa shape index (κ3) is 4.30. The molecule has 39 heavy (non-hydrogen) atoms. The van der Waals surface area contributed by atoms with E-state index in [1.807, 2.05) is 54.6 Å². The topological polar surface area (TPSA) is 47.5 Å². The fourth-order valence-electron chi connectivity index (χ4n) is 5.38. The van der Waals surface area contributed by atoms with Gasteiger partial charge in [-0.3, -0.25) is 9.36 Å². The van der Waals surface area contributed by atoms with Crippen LogP contribution in [-0.4, -0.2) is 4.57 Å². The quantitative estimate of drug-likeness (QED) is 0.218. The molecular weight excluding hydrogens is 571 g/mol. The van der Waals surface area contributed by atoms with E-state index in [2.05, 4.69) is 18.2 Å². The Morgan fingerprint density at radius 1 is 0.923 bits per heavy atom. The fraction of sp³-hybridized carbons (Fsp3) is 0.0968. The molecule has 2 aliphatic rings. The molecule has 0 amide bonds. The number of furan rings is 1. The highest BCUT2D eigenvalue weighted by molar-refractivity contribution is 7.07. The summed E-state index contributed by atoms with van der Waals surface area (Å²) in [4.78, 5) is 19.6. The maximum Gasteiger partial charge on any atom is 0.271 e. The van der Waals surface area contributed by atoms with E-state index in [0.717, 1.165) is 40.8 Å². The van der Waals surface area contributed by atoms with Crippen molar-refractivity contribution in [3.05, 3.63) is 142 Å². The maximum absolute atomic E-state index is 14.0. The Bertz CT molecular complexity index is 2000. The first-order valence-electron chi connectivity index (χ1n) is 12.4. The zero-order valence-corrected chi connectivity index (χ0v) is 23.4. The van der Waals surface area contributed by atoms with Gasteiger partial charge in [0.25, 0.3) is 5.56 Å². The number of hydrogen-bond acceptors (Lipinski definition) is 4. The van der Waals surface area contributed by atoms with Crippen LogP contribution in [0.3, 0.4) is 0 Å². The van der Waals surface area contributed by atoms with Crippen LogP contribution >= 0.6 is 46.1 Å². The average molecular weight is 590 g/mol. The number of aryl methyl sites for hydroxylation is 1. The average Bonchev–Trinajstić information content (AvgIpc) is 3.52. The number of benzene rings is 3. The number of allylic oxidation sites excluding steroid dienone is 1. The van der Waals surface area contributed by atoms with Crippen LogP contribution in [0.4, 0.5) is 0 Å². The molecule has 3 aromatic carbocycles. The van der Waals surface area contributed by atoms with E-state index < -0.39 is 0 Å². The third-order valence-corrected chi connectivity index (χ3v) is 8.92. The molecule has 1 atom stereocenters. The molecule has 0 bridgehead atoms. The Balaban J connectivity index is 1.42. The molecule has 8 heteroatoms. The van der Waals surface area contributed by atoms with Gasteiger partial charge in [-0.25, -0.2) is 4.99 Å². The van der Waals surface area contributed by atoms with Crippen molar-refractivity contribution in [1.82, 2.24) is 4.57 Å². The lowest BCUT2D eigenvalue weighted by molar-refractivity contribution is 0.570. The number of aromatic nitrogens is 1. The Morgan fingerprint density at radius 2 is 1.77 bits per heavy atom. The van der Waals surface area contributed by atoms with Gasteiger partial charge in [-0.15, -0.1) is 0 Å². The van der Waals surface area contributed by atoms with Gasteiger partial charge < -0.3 is 4.42 Å². The number of hydrogen-bond donors (Lipinski definition) is 0. The van der Waals surface area contributed by atoms with Gasteiger partial charge in [0.05, 0.1) is 16.3 Å². The van der Waals surface area contributed by atoms with Crippen LogP contribution in [0, 0.1) is 0 Å². The number of thiazole rings is 1. The van der Waals surface area contributed by atoms with Crippen molar-refractivity contribution in [2.24, 2.45) is 4.99 Å². The largest absolute Gasteiger partial charge is 0.457 e. The Labute approximate surface area is 242 Å². The zero-order valence-electron chi connectivity index (χ0n) is 20.3. The predicted molar refractivity (Wildman–Crippen MR) is 158 cm³/mol. The highest BCUT2D eigenvalue weighted by Crippen LogP contribution is 2.43. The van der Waals surface area contributed by atoms with E-state index in [0.29, 0.717) is 35.9 Å². The molecule has 0 saturated heterocycles. The maximum atomic E-state index is 14.0. The minimum atomic E-state index is -0.379. The molecule has 1 aliphatic heterocycles. The highest BCUT2D eigenvalue weighted by Gasteiger charge is 2.33. The lowest BCUT2D eigenvalue weighted by Crippen LogP contribution is -2.38. The Kier molecular flexibility index (Phi) is 6.13. The summed E-state index contributed by atoms with van der Waals surface area (Å²) in [7, 11) is 0. The van der Waals surface area contributed by atoms with Crippen LogP contribution in [0.15, 0.2) is 98.6 Å². The molecule has 1 aliphatic carbocycles. The predicted octanol–water partition coefficient (Wildman–Crippen LogP) is 7.54. The summed E-state index contributed by atoms with van der Waals surface area (Å²) < 4.78 is 8.36. The molecule has 4 nitrogen and oxygen atoms in total.